The lowest BCUT2D eigenvalue weighted by Gasteiger charge is -2.10. The molecule has 2 rings (SSSR count). The van der Waals surface area contributed by atoms with Crippen LogP contribution < -0.4 is 5.32 Å². The zero-order valence-corrected chi connectivity index (χ0v) is 11.4. The van der Waals surface area contributed by atoms with Crippen LogP contribution in [-0.2, 0) is 11.3 Å². The summed E-state index contributed by atoms with van der Waals surface area (Å²) in [5.74, 6) is -0.0127. The summed E-state index contributed by atoms with van der Waals surface area (Å²) in [4.78, 5) is 20.1. The molecule has 4 nitrogen and oxygen atoms in total. The molecule has 5 heteroatoms. The summed E-state index contributed by atoms with van der Waals surface area (Å²) in [5.41, 5.74) is 1.09. The molecule has 1 N–H and O–H groups in total. The second-order valence-corrected chi connectivity index (χ2v) is 5.30. The van der Waals surface area contributed by atoms with Crippen LogP contribution in [0.1, 0.15) is 12.5 Å². The average Bonchev–Trinajstić information content (AvgIpc) is 2.47. The second kappa shape index (κ2) is 6.89. The Balaban J connectivity index is 1.83. The van der Waals surface area contributed by atoms with Gasteiger partial charge < -0.3 is 5.32 Å². The maximum atomic E-state index is 11.9. The third kappa shape index (κ3) is 4.37. The zero-order valence-electron chi connectivity index (χ0n) is 10.6. The van der Waals surface area contributed by atoms with E-state index < -0.39 is 0 Å². The summed E-state index contributed by atoms with van der Waals surface area (Å²) in [6.07, 6.45) is 3.34. The highest BCUT2D eigenvalue weighted by Crippen LogP contribution is 2.18. The topological polar surface area (TPSA) is 54.9 Å². The van der Waals surface area contributed by atoms with Crippen molar-refractivity contribution in [2.24, 2.45) is 0 Å². The number of benzene rings is 1. The largest absolute Gasteiger partial charge is 0.351 e. The Morgan fingerprint density at radius 1 is 1.21 bits per heavy atom. The molecular weight excluding hydrogens is 258 g/mol. The first-order valence-electron chi connectivity index (χ1n) is 6.01. The number of nitrogens with one attached hydrogen (secondary N) is 1. The Morgan fingerprint density at radius 2 is 1.89 bits per heavy atom. The molecule has 0 saturated heterocycles. The van der Waals surface area contributed by atoms with Crippen molar-refractivity contribution in [3.8, 4) is 0 Å². The van der Waals surface area contributed by atoms with Crippen LogP contribution in [0, 0.1) is 0 Å². The third-order valence-electron chi connectivity index (χ3n) is 2.50. The van der Waals surface area contributed by atoms with Crippen molar-refractivity contribution >= 4 is 17.7 Å². The lowest BCUT2D eigenvalue weighted by Crippen LogP contribution is -2.30. The fraction of sp³-hybridized carbons (Fsp3) is 0.214. The number of carbonyl (C=O) groups is 1. The molecule has 0 saturated carbocycles. The predicted octanol–water partition coefficient (Wildman–Crippen LogP) is 2.27. The van der Waals surface area contributed by atoms with E-state index in [0.717, 1.165) is 5.56 Å². The van der Waals surface area contributed by atoms with Gasteiger partial charge in [0.2, 0.25) is 5.91 Å². The molecule has 0 aliphatic carbocycles. The van der Waals surface area contributed by atoms with Crippen LogP contribution in [-0.4, -0.2) is 21.1 Å². The monoisotopic (exact) mass is 273 g/mol. The van der Waals surface area contributed by atoms with E-state index >= 15 is 0 Å². The van der Waals surface area contributed by atoms with Crippen LogP contribution in [0.15, 0.2) is 53.9 Å². The normalized spacial score (nSPS) is 11.8. The molecule has 1 aromatic carbocycles. The number of nitrogens with zero attached hydrogens (tertiary/aromatic N) is 2. The minimum Gasteiger partial charge on any atom is -0.351 e. The van der Waals surface area contributed by atoms with Gasteiger partial charge in [-0.05, 0) is 18.6 Å². The number of aromatic nitrogens is 2. The molecule has 19 heavy (non-hydrogen) atoms. The number of carbonyl (C=O) groups excluding carboxylic acids is 1. The molecule has 2 aromatic rings. The van der Waals surface area contributed by atoms with Gasteiger partial charge in [0.15, 0.2) is 5.16 Å². The van der Waals surface area contributed by atoms with Crippen molar-refractivity contribution in [1.29, 1.82) is 0 Å². The van der Waals surface area contributed by atoms with E-state index in [4.69, 9.17) is 0 Å². The molecule has 0 radical (unpaired) electrons. The first kappa shape index (κ1) is 13.5. The standard InChI is InChI=1S/C14H15N3OS/c1-11(19-14-15-8-5-9-16-14)13(18)17-10-12-6-3-2-4-7-12/h2-9,11H,10H2,1H3,(H,17,18)/t11-/m1/s1. The first-order valence-corrected chi connectivity index (χ1v) is 6.89. The minimum absolute atomic E-state index is 0.0127. The van der Waals surface area contributed by atoms with E-state index in [1.165, 1.54) is 11.8 Å². The Bertz CT molecular complexity index is 519. The van der Waals surface area contributed by atoms with E-state index in [-0.39, 0.29) is 11.2 Å². The highest BCUT2D eigenvalue weighted by molar-refractivity contribution is 8.00. The highest BCUT2D eigenvalue weighted by Gasteiger charge is 2.15. The average molecular weight is 273 g/mol. The molecule has 1 aromatic heterocycles. The van der Waals surface area contributed by atoms with Crippen molar-refractivity contribution in [1.82, 2.24) is 15.3 Å². The molecule has 1 atom stereocenters. The minimum atomic E-state index is -0.217. The molecule has 0 fully saturated rings. The maximum absolute atomic E-state index is 11.9. The van der Waals surface area contributed by atoms with Crippen molar-refractivity contribution in [2.75, 3.05) is 0 Å². The highest BCUT2D eigenvalue weighted by atomic mass is 32.2. The molecule has 0 unspecified atom stereocenters. The molecule has 0 aliphatic rings. The van der Waals surface area contributed by atoms with Gasteiger partial charge in [-0.25, -0.2) is 9.97 Å². The van der Waals surface area contributed by atoms with E-state index in [0.29, 0.717) is 11.7 Å². The predicted molar refractivity (Wildman–Crippen MR) is 75.6 cm³/mol. The van der Waals surface area contributed by atoms with Crippen molar-refractivity contribution < 1.29 is 4.79 Å². The van der Waals surface area contributed by atoms with Crippen LogP contribution in [0.4, 0.5) is 0 Å². The van der Waals surface area contributed by atoms with Crippen LogP contribution >= 0.6 is 11.8 Å². The van der Waals surface area contributed by atoms with Gasteiger partial charge in [0.1, 0.15) is 0 Å². The summed E-state index contributed by atoms with van der Waals surface area (Å²) >= 11 is 1.35. The molecular formula is C14H15N3OS. The Morgan fingerprint density at radius 3 is 2.58 bits per heavy atom. The molecule has 1 heterocycles. The summed E-state index contributed by atoms with van der Waals surface area (Å²) < 4.78 is 0. The van der Waals surface area contributed by atoms with Gasteiger partial charge in [-0.2, -0.15) is 0 Å². The molecule has 0 spiro atoms. The van der Waals surface area contributed by atoms with Crippen molar-refractivity contribution in [2.45, 2.75) is 23.9 Å². The van der Waals surface area contributed by atoms with Crippen LogP contribution in [0.25, 0.3) is 0 Å². The van der Waals surface area contributed by atoms with Gasteiger partial charge in [0, 0.05) is 18.9 Å². The van der Waals surface area contributed by atoms with Gasteiger partial charge in [0.05, 0.1) is 5.25 Å². The number of rotatable bonds is 5. The van der Waals surface area contributed by atoms with Gasteiger partial charge in [-0.1, -0.05) is 42.1 Å². The quantitative estimate of drug-likeness (QED) is 0.670. The van der Waals surface area contributed by atoms with E-state index in [2.05, 4.69) is 15.3 Å². The first-order chi connectivity index (χ1) is 9.25. The third-order valence-corrected chi connectivity index (χ3v) is 3.49. The smallest absolute Gasteiger partial charge is 0.233 e. The summed E-state index contributed by atoms with van der Waals surface area (Å²) in [5, 5.41) is 3.30. The fourth-order valence-electron chi connectivity index (χ4n) is 1.49. The van der Waals surface area contributed by atoms with Crippen molar-refractivity contribution in [3.05, 3.63) is 54.4 Å². The van der Waals surface area contributed by atoms with Gasteiger partial charge >= 0.3 is 0 Å². The number of thioether (sulfide) groups is 1. The summed E-state index contributed by atoms with van der Waals surface area (Å²) in [7, 11) is 0. The fourth-order valence-corrected chi connectivity index (χ4v) is 2.24. The molecule has 98 valence electrons. The molecule has 0 bridgehead atoms. The lowest BCUT2D eigenvalue weighted by atomic mass is 10.2. The Labute approximate surface area is 116 Å². The number of amides is 1. The van der Waals surface area contributed by atoms with E-state index in [9.17, 15) is 4.79 Å². The van der Waals surface area contributed by atoms with E-state index in [1.807, 2.05) is 37.3 Å². The Kier molecular flexibility index (Phi) is 4.92. The maximum Gasteiger partial charge on any atom is 0.233 e. The SMILES string of the molecule is C[C@@H](Sc1ncccn1)C(=O)NCc1ccccc1. The van der Waals surface area contributed by atoms with Crippen molar-refractivity contribution in [3.63, 3.8) is 0 Å². The van der Waals surface area contributed by atoms with E-state index in [1.54, 1.807) is 18.5 Å². The van der Waals surface area contributed by atoms with Crippen LogP contribution in [0.3, 0.4) is 0 Å². The van der Waals surface area contributed by atoms with Gasteiger partial charge in [-0.15, -0.1) is 0 Å². The summed E-state index contributed by atoms with van der Waals surface area (Å²) in [6, 6.07) is 11.6. The second-order valence-electron chi connectivity index (χ2n) is 3.99. The molecule has 0 aliphatic heterocycles. The molecule has 1 amide bonds. The van der Waals surface area contributed by atoms with Gasteiger partial charge in [0.25, 0.3) is 0 Å². The zero-order chi connectivity index (χ0) is 13.5. The Hall–Kier alpha value is -1.88. The summed E-state index contributed by atoms with van der Waals surface area (Å²) in [6.45, 7) is 2.39. The number of hydrogen-bond acceptors (Lipinski definition) is 4. The van der Waals surface area contributed by atoms with Crippen LogP contribution in [0.2, 0.25) is 0 Å². The number of hydrogen-bond donors (Lipinski definition) is 1. The van der Waals surface area contributed by atoms with Gasteiger partial charge in [-0.3, -0.25) is 4.79 Å². The lowest BCUT2D eigenvalue weighted by molar-refractivity contribution is -0.120. The van der Waals surface area contributed by atoms with Crippen LogP contribution in [0.5, 0.6) is 0 Å².